The molecule has 0 saturated heterocycles. The molecule has 0 aromatic rings. The SMILES string of the molecule is C#CCCCC1=NCCO1. The van der Waals surface area contributed by atoms with Gasteiger partial charge in [0.1, 0.15) is 6.61 Å². The van der Waals surface area contributed by atoms with Crippen molar-refractivity contribution in [2.24, 2.45) is 4.99 Å². The number of rotatable bonds is 3. The molecule has 0 unspecified atom stereocenters. The molecule has 0 aromatic heterocycles. The number of unbranched alkanes of at least 4 members (excludes halogenated alkanes) is 1. The van der Waals surface area contributed by atoms with Crippen molar-refractivity contribution < 1.29 is 4.74 Å². The highest BCUT2D eigenvalue weighted by molar-refractivity contribution is 5.77. The Labute approximate surface area is 61.3 Å². The lowest BCUT2D eigenvalue weighted by Gasteiger charge is -1.97. The van der Waals surface area contributed by atoms with Gasteiger partial charge in [0.15, 0.2) is 5.90 Å². The van der Waals surface area contributed by atoms with E-state index in [1.54, 1.807) is 0 Å². The van der Waals surface area contributed by atoms with Crippen LogP contribution in [0, 0.1) is 12.3 Å². The Morgan fingerprint density at radius 1 is 1.70 bits per heavy atom. The summed E-state index contributed by atoms with van der Waals surface area (Å²) in [4.78, 5) is 4.13. The third-order valence-corrected chi connectivity index (χ3v) is 1.36. The number of terminal acetylenes is 1. The highest BCUT2D eigenvalue weighted by atomic mass is 16.5. The van der Waals surface area contributed by atoms with Gasteiger partial charge in [-0.2, -0.15) is 0 Å². The molecule has 0 radical (unpaired) electrons. The van der Waals surface area contributed by atoms with Crippen LogP contribution in [0.15, 0.2) is 4.99 Å². The molecule has 1 rings (SSSR count). The van der Waals surface area contributed by atoms with Crippen LogP contribution in [0.2, 0.25) is 0 Å². The molecule has 10 heavy (non-hydrogen) atoms. The number of hydrogen-bond donors (Lipinski definition) is 0. The maximum absolute atomic E-state index is 5.18. The van der Waals surface area contributed by atoms with Gasteiger partial charge in [-0.3, -0.25) is 4.99 Å². The van der Waals surface area contributed by atoms with Gasteiger partial charge in [-0.25, -0.2) is 0 Å². The van der Waals surface area contributed by atoms with E-state index >= 15 is 0 Å². The maximum Gasteiger partial charge on any atom is 0.183 e. The van der Waals surface area contributed by atoms with E-state index < -0.39 is 0 Å². The van der Waals surface area contributed by atoms with E-state index in [1.807, 2.05) is 0 Å². The first kappa shape index (κ1) is 7.14. The maximum atomic E-state index is 5.18. The molecule has 0 N–H and O–H groups in total. The van der Waals surface area contributed by atoms with Gasteiger partial charge in [0.25, 0.3) is 0 Å². The average Bonchev–Trinajstić information content (AvgIpc) is 2.41. The van der Waals surface area contributed by atoms with Crippen molar-refractivity contribution in [1.29, 1.82) is 0 Å². The van der Waals surface area contributed by atoms with Crippen LogP contribution >= 0.6 is 0 Å². The summed E-state index contributed by atoms with van der Waals surface area (Å²) in [6.07, 6.45) is 7.81. The van der Waals surface area contributed by atoms with Crippen LogP contribution in [0.3, 0.4) is 0 Å². The van der Waals surface area contributed by atoms with Crippen molar-refractivity contribution in [3.05, 3.63) is 0 Å². The molecule has 0 spiro atoms. The van der Waals surface area contributed by atoms with Crippen molar-refractivity contribution in [3.63, 3.8) is 0 Å². The number of aliphatic imine (C=N–C) groups is 1. The summed E-state index contributed by atoms with van der Waals surface area (Å²) in [7, 11) is 0. The van der Waals surface area contributed by atoms with Crippen LogP contribution in [0.1, 0.15) is 19.3 Å². The lowest BCUT2D eigenvalue weighted by molar-refractivity contribution is 0.337. The summed E-state index contributed by atoms with van der Waals surface area (Å²) in [5, 5.41) is 0. The van der Waals surface area contributed by atoms with Gasteiger partial charge in [-0.15, -0.1) is 12.3 Å². The predicted molar refractivity (Wildman–Crippen MR) is 40.9 cm³/mol. The van der Waals surface area contributed by atoms with Gasteiger partial charge in [0, 0.05) is 12.8 Å². The molecule has 0 atom stereocenters. The van der Waals surface area contributed by atoms with Gasteiger partial charge in [0.05, 0.1) is 6.54 Å². The standard InChI is InChI=1S/C8H11NO/c1-2-3-4-5-8-9-6-7-10-8/h1H,3-7H2. The fraction of sp³-hybridized carbons (Fsp3) is 0.625. The third kappa shape index (κ3) is 2.10. The summed E-state index contributed by atoms with van der Waals surface area (Å²) in [5.41, 5.74) is 0. The van der Waals surface area contributed by atoms with Gasteiger partial charge >= 0.3 is 0 Å². The molecule has 54 valence electrons. The first-order chi connectivity index (χ1) is 4.93. The van der Waals surface area contributed by atoms with Crippen LogP contribution < -0.4 is 0 Å². The van der Waals surface area contributed by atoms with Gasteiger partial charge in [-0.1, -0.05) is 0 Å². The molecule has 0 fully saturated rings. The van der Waals surface area contributed by atoms with Crippen molar-refractivity contribution in [2.75, 3.05) is 13.2 Å². The molecule has 0 amide bonds. The second-order valence-electron chi connectivity index (χ2n) is 2.18. The first-order valence-electron chi connectivity index (χ1n) is 3.53. The monoisotopic (exact) mass is 137 g/mol. The van der Waals surface area contributed by atoms with E-state index in [0.29, 0.717) is 0 Å². The van der Waals surface area contributed by atoms with Crippen LogP contribution in [0.25, 0.3) is 0 Å². The third-order valence-electron chi connectivity index (χ3n) is 1.36. The molecule has 1 heterocycles. The minimum Gasteiger partial charge on any atom is -0.479 e. The summed E-state index contributed by atoms with van der Waals surface area (Å²) < 4.78 is 5.18. The van der Waals surface area contributed by atoms with Gasteiger partial charge in [0.2, 0.25) is 0 Å². The second-order valence-corrected chi connectivity index (χ2v) is 2.18. The lowest BCUT2D eigenvalue weighted by Crippen LogP contribution is -1.97. The first-order valence-corrected chi connectivity index (χ1v) is 3.53. The van der Waals surface area contributed by atoms with Crippen LogP contribution in [-0.2, 0) is 4.74 Å². The summed E-state index contributed by atoms with van der Waals surface area (Å²) >= 11 is 0. The smallest absolute Gasteiger partial charge is 0.183 e. The molecular weight excluding hydrogens is 126 g/mol. The van der Waals surface area contributed by atoms with E-state index in [2.05, 4.69) is 10.9 Å². The zero-order valence-corrected chi connectivity index (χ0v) is 5.97. The Morgan fingerprint density at radius 3 is 3.20 bits per heavy atom. The molecule has 2 heteroatoms. The number of hydrogen-bond acceptors (Lipinski definition) is 2. The molecule has 1 aliphatic heterocycles. The highest BCUT2D eigenvalue weighted by Crippen LogP contribution is 2.02. The summed E-state index contributed by atoms with van der Waals surface area (Å²) in [6, 6.07) is 0. The van der Waals surface area contributed by atoms with E-state index in [-0.39, 0.29) is 0 Å². The average molecular weight is 137 g/mol. The van der Waals surface area contributed by atoms with Crippen LogP contribution in [-0.4, -0.2) is 19.0 Å². The van der Waals surface area contributed by atoms with Crippen LogP contribution in [0.4, 0.5) is 0 Å². The topological polar surface area (TPSA) is 21.6 Å². The Hall–Kier alpha value is -0.970. The number of ether oxygens (including phenoxy) is 1. The van der Waals surface area contributed by atoms with Gasteiger partial charge in [-0.05, 0) is 6.42 Å². The lowest BCUT2D eigenvalue weighted by atomic mass is 10.2. The Bertz CT molecular complexity index is 167. The van der Waals surface area contributed by atoms with Gasteiger partial charge < -0.3 is 4.74 Å². The van der Waals surface area contributed by atoms with Crippen molar-refractivity contribution in [1.82, 2.24) is 0 Å². The van der Waals surface area contributed by atoms with Crippen molar-refractivity contribution in [2.45, 2.75) is 19.3 Å². The normalized spacial score (nSPS) is 15.7. The Morgan fingerprint density at radius 2 is 2.60 bits per heavy atom. The molecule has 1 aliphatic rings. The second kappa shape index (κ2) is 3.94. The van der Waals surface area contributed by atoms with E-state index in [1.165, 1.54) is 0 Å². The predicted octanol–water partition coefficient (Wildman–Crippen LogP) is 1.22. The molecule has 2 nitrogen and oxygen atoms in total. The molecule has 0 saturated carbocycles. The Balaban J connectivity index is 2.08. The zero-order chi connectivity index (χ0) is 7.23. The fourth-order valence-electron chi connectivity index (χ4n) is 0.872. The van der Waals surface area contributed by atoms with Crippen molar-refractivity contribution in [3.8, 4) is 12.3 Å². The summed E-state index contributed by atoms with van der Waals surface area (Å²) in [5.74, 6) is 3.47. The van der Waals surface area contributed by atoms with Crippen LogP contribution in [0.5, 0.6) is 0 Å². The van der Waals surface area contributed by atoms with Crippen molar-refractivity contribution >= 4 is 5.90 Å². The quantitative estimate of drug-likeness (QED) is 0.423. The largest absolute Gasteiger partial charge is 0.479 e. The molecular formula is C8H11NO. The number of nitrogens with zero attached hydrogens (tertiary/aromatic N) is 1. The highest BCUT2D eigenvalue weighted by Gasteiger charge is 2.04. The molecule has 0 bridgehead atoms. The zero-order valence-electron chi connectivity index (χ0n) is 5.97. The van der Waals surface area contributed by atoms with E-state index in [0.717, 1.165) is 38.3 Å². The fourth-order valence-corrected chi connectivity index (χ4v) is 0.872. The Kier molecular flexibility index (Phi) is 2.82. The summed E-state index contributed by atoms with van der Waals surface area (Å²) in [6.45, 7) is 1.58. The molecule has 0 aliphatic carbocycles. The minimum atomic E-state index is 0.755. The molecule has 0 aromatic carbocycles. The minimum absolute atomic E-state index is 0.755. The van der Waals surface area contributed by atoms with E-state index in [4.69, 9.17) is 11.2 Å². The van der Waals surface area contributed by atoms with E-state index in [9.17, 15) is 0 Å².